The molecule has 0 radical (unpaired) electrons. The third-order valence-corrected chi connectivity index (χ3v) is 2.86. The molecule has 15 heavy (non-hydrogen) atoms. The van der Waals surface area contributed by atoms with Gasteiger partial charge in [-0.3, -0.25) is 0 Å². The van der Waals surface area contributed by atoms with Crippen LogP contribution in [-0.4, -0.2) is 6.04 Å². The predicted octanol–water partition coefficient (Wildman–Crippen LogP) is 4.17. The number of allylic oxidation sites excluding steroid dienone is 3. The first-order chi connectivity index (χ1) is 7.25. The van der Waals surface area contributed by atoms with Crippen molar-refractivity contribution in [2.24, 2.45) is 0 Å². The van der Waals surface area contributed by atoms with Crippen LogP contribution in [-0.2, 0) is 0 Å². The van der Waals surface area contributed by atoms with Crippen LogP contribution in [0.2, 0.25) is 0 Å². The molecule has 0 saturated heterocycles. The number of nitrogens with one attached hydrogen (secondary N) is 1. The van der Waals surface area contributed by atoms with E-state index in [1.165, 1.54) is 37.8 Å². The van der Waals surface area contributed by atoms with E-state index in [1.807, 2.05) is 13.8 Å². The second-order valence-corrected chi connectivity index (χ2v) is 4.48. The molecule has 0 aliphatic heterocycles. The number of hydrogen-bond donors (Lipinski definition) is 1. The van der Waals surface area contributed by atoms with Gasteiger partial charge in [-0.2, -0.15) is 0 Å². The van der Waals surface area contributed by atoms with Crippen molar-refractivity contribution in [3.05, 3.63) is 22.9 Å². The van der Waals surface area contributed by atoms with Gasteiger partial charge < -0.3 is 5.32 Å². The van der Waals surface area contributed by atoms with Gasteiger partial charge in [0.15, 0.2) is 0 Å². The molecule has 0 unspecified atom stereocenters. The lowest BCUT2D eigenvalue weighted by molar-refractivity contribution is 0.645. The first kappa shape index (κ1) is 12.4. The zero-order valence-electron chi connectivity index (χ0n) is 10.7. The van der Waals surface area contributed by atoms with Crippen molar-refractivity contribution >= 4 is 0 Å². The molecule has 1 nitrogen and oxygen atoms in total. The first-order valence-corrected chi connectivity index (χ1v) is 6.43. The fourth-order valence-electron chi connectivity index (χ4n) is 2.32. The van der Waals surface area contributed by atoms with Gasteiger partial charge >= 0.3 is 0 Å². The van der Waals surface area contributed by atoms with Crippen molar-refractivity contribution in [2.75, 3.05) is 0 Å². The lowest BCUT2D eigenvalue weighted by Crippen LogP contribution is -2.21. The fourth-order valence-corrected chi connectivity index (χ4v) is 2.32. The molecular weight excluding hydrogens is 182 g/mol. The van der Waals surface area contributed by atoms with E-state index in [2.05, 4.69) is 25.2 Å². The minimum absolute atomic E-state index is 0.576. The molecular formula is C14H25N. The van der Waals surface area contributed by atoms with Gasteiger partial charge in [0.2, 0.25) is 0 Å². The molecule has 0 atom stereocenters. The number of hydrogen-bond acceptors (Lipinski definition) is 1. The molecule has 0 amide bonds. The SMILES string of the molecule is CC.CC(C)NC1=CC2=C(CCCC2)C1. The van der Waals surface area contributed by atoms with Crippen LogP contribution in [0.25, 0.3) is 0 Å². The molecule has 0 heterocycles. The summed E-state index contributed by atoms with van der Waals surface area (Å²) in [5.74, 6) is 0. The van der Waals surface area contributed by atoms with Crippen LogP contribution in [0.5, 0.6) is 0 Å². The van der Waals surface area contributed by atoms with Crippen LogP contribution in [0.4, 0.5) is 0 Å². The summed E-state index contributed by atoms with van der Waals surface area (Å²) in [7, 11) is 0. The van der Waals surface area contributed by atoms with Crippen molar-refractivity contribution in [3.63, 3.8) is 0 Å². The highest BCUT2D eigenvalue weighted by atomic mass is 14.9. The minimum Gasteiger partial charge on any atom is -0.386 e. The highest BCUT2D eigenvalue weighted by Crippen LogP contribution is 2.34. The topological polar surface area (TPSA) is 12.0 Å². The maximum Gasteiger partial charge on any atom is 0.0201 e. The second-order valence-electron chi connectivity index (χ2n) is 4.48. The van der Waals surface area contributed by atoms with Crippen molar-refractivity contribution in [2.45, 2.75) is 65.8 Å². The van der Waals surface area contributed by atoms with Crippen LogP contribution in [0.3, 0.4) is 0 Å². The Bertz CT molecular complexity index is 259. The van der Waals surface area contributed by atoms with E-state index in [-0.39, 0.29) is 0 Å². The summed E-state index contributed by atoms with van der Waals surface area (Å²) in [6.45, 7) is 8.41. The molecule has 0 aromatic heterocycles. The molecule has 1 heteroatoms. The quantitative estimate of drug-likeness (QED) is 0.716. The Morgan fingerprint density at radius 1 is 1.13 bits per heavy atom. The third-order valence-electron chi connectivity index (χ3n) is 2.86. The van der Waals surface area contributed by atoms with Gasteiger partial charge in [0.1, 0.15) is 0 Å². The van der Waals surface area contributed by atoms with Gasteiger partial charge in [0, 0.05) is 18.2 Å². The Morgan fingerprint density at radius 3 is 2.40 bits per heavy atom. The monoisotopic (exact) mass is 207 g/mol. The maximum absolute atomic E-state index is 3.52. The van der Waals surface area contributed by atoms with E-state index < -0.39 is 0 Å². The van der Waals surface area contributed by atoms with E-state index in [0.717, 1.165) is 0 Å². The number of rotatable bonds is 2. The summed E-state index contributed by atoms with van der Waals surface area (Å²) in [4.78, 5) is 0. The van der Waals surface area contributed by atoms with Gasteiger partial charge in [-0.15, -0.1) is 0 Å². The lowest BCUT2D eigenvalue weighted by Gasteiger charge is -2.13. The van der Waals surface area contributed by atoms with E-state index in [1.54, 1.807) is 11.1 Å². The van der Waals surface area contributed by atoms with E-state index in [9.17, 15) is 0 Å². The Balaban J connectivity index is 0.000000531. The average Bonchev–Trinajstić information content (AvgIpc) is 2.61. The standard InChI is InChI=1S/C12H19N.C2H6/c1-9(2)13-12-7-10-5-3-4-6-11(10)8-12;1-2/h7,9,13H,3-6,8H2,1-2H3;1-2H3. The molecule has 0 saturated carbocycles. The molecule has 86 valence electrons. The molecule has 0 aromatic carbocycles. The Kier molecular flexibility index (Phi) is 4.93. The summed E-state index contributed by atoms with van der Waals surface area (Å²) in [6.07, 6.45) is 9.04. The second kappa shape index (κ2) is 5.99. The van der Waals surface area contributed by atoms with Crippen molar-refractivity contribution in [3.8, 4) is 0 Å². The fraction of sp³-hybridized carbons (Fsp3) is 0.714. The van der Waals surface area contributed by atoms with Crippen molar-refractivity contribution in [1.82, 2.24) is 5.32 Å². The van der Waals surface area contributed by atoms with Crippen LogP contribution >= 0.6 is 0 Å². The zero-order chi connectivity index (χ0) is 11.3. The van der Waals surface area contributed by atoms with Crippen molar-refractivity contribution in [1.29, 1.82) is 0 Å². The van der Waals surface area contributed by atoms with Crippen molar-refractivity contribution < 1.29 is 0 Å². The molecule has 1 N–H and O–H groups in total. The average molecular weight is 207 g/mol. The van der Waals surface area contributed by atoms with E-state index >= 15 is 0 Å². The Labute approximate surface area is 94.6 Å². The molecule has 2 aliphatic carbocycles. The Hall–Kier alpha value is -0.720. The highest BCUT2D eigenvalue weighted by Gasteiger charge is 2.18. The normalized spacial score (nSPS) is 19.4. The molecule has 0 spiro atoms. The van der Waals surface area contributed by atoms with Crippen LogP contribution in [0.1, 0.15) is 59.8 Å². The van der Waals surface area contributed by atoms with E-state index in [4.69, 9.17) is 0 Å². The largest absolute Gasteiger partial charge is 0.386 e. The summed E-state index contributed by atoms with van der Waals surface area (Å²) < 4.78 is 0. The summed E-state index contributed by atoms with van der Waals surface area (Å²) in [5, 5.41) is 3.52. The highest BCUT2D eigenvalue weighted by molar-refractivity contribution is 5.39. The zero-order valence-corrected chi connectivity index (χ0v) is 10.7. The predicted molar refractivity (Wildman–Crippen MR) is 67.8 cm³/mol. The Morgan fingerprint density at radius 2 is 1.80 bits per heavy atom. The summed E-state index contributed by atoms with van der Waals surface area (Å²) in [5.41, 5.74) is 4.78. The van der Waals surface area contributed by atoms with Crippen LogP contribution in [0.15, 0.2) is 22.9 Å². The molecule has 2 rings (SSSR count). The molecule has 0 bridgehead atoms. The first-order valence-electron chi connectivity index (χ1n) is 6.43. The van der Waals surface area contributed by atoms with Crippen LogP contribution in [0, 0.1) is 0 Å². The third kappa shape index (κ3) is 3.40. The molecule has 0 aromatic rings. The molecule has 2 aliphatic rings. The van der Waals surface area contributed by atoms with Gasteiger partial charge in [-0.25, -0.2) is 0 Å². The van der Waals surface area contributed by atoms with E-state index in [0.29, 0.717) is 6.04 Å². The summed E-state index contributed by atoms with van der Waals surface area (Å²) >= 11 is 0. The summed E-state index contributed by atoms with van der Waals surface area (Å²) in [6, 6.07) is 0.576. The molecule has 0 fully saturated rings. The maximum atomic E-state index is 3.52. The smallest absolute Gasteiger partial charge is 0.0201 e. The van der Waals surface area contributed by atoms with Gasteiger partial charge in [-0.1, -0.05) is 19.4 Å². The van der Waals surface area contributed by atoms with Gasteiger partial charge in [-0.05, 0) is 51.2 Å². The van der Waals surface area contributed by atoms with Crippen LogP contribution < -0.4 is 5.32 Å². The van der Waals surface area contributed by atoms with Gasteiger partial charge in [0.25, 0.3) is 0 Å². The lowest BCUT2D eigenvalue weighted by atomic mass is 9.94. The minimum atomic E-state index is 0.576. The van der Waals surface area contributed by atoms with Gasteiger partial charge in [0.05, 0.1) is 0 Å².